The molecule has 0 spiro atoms. The number of hydrogen-bond acceptors (Lipinski definition) is 1. The average molecular weight is 332 g/mol. The van der Waals surface area contributed by atoms with Crippen LogP contribution in [0.5, 0.6) is 0 Å². The van der Waals surface area contributed by atoms with Crippen LogP contribution in [-0.2, 0) is 6.37 Å². The van der Waals surface area contributed by atoms with Crippen molar-refractivity contribution in [2.24, 2.45) is 0 Å². The molecule has 0 saturated carbocycles. The van der Waals surface area contributed by atoms with E-state index in [-0.39, 0.29) is 5.56 Å². The van der Waals surface area contributed by atoms with Crippen LogP contribution in [0.25, 0.3) is 22.4 Å². The zero-order chi connectivity index (χ0) is 21.4. The minimum Gasteiger partial charge on any atom is -0.256 e. The van der Waals surface area contributed by atoms with E-state index in [0.29, 0.717) is 22.4 Å². The lowest BCUT2D eigenvalue weighted by atomic mass is 9.97. The monoisotopic (exact) mass is 332 g/mol. The Labute approximate surface area is 145 Å². The number of hydrogen-bond donors (Lipinski definition) is 0. The number of alkyl halides is 3. The molecule has 0 N–H and O–H groups in total. The molecule has 0 amide bonds. The number of nitrogens with zero attached hydrogens (tertiary/aromatic N) is 1. The first kappa shape index (κ1) is 11.0. The molecule has 2 aromatic carbocycles. The maximum atomic E-state index is 12.9. The zero-order valence-corrected chi connectivity index (χ0v) is 12.4. The molecule has 1 aromatic heterocycles. The highest BCUT2D eigenvalue weighted by Crippen LogP contribution is 2.29. The largest absolute Gasteiger partial charge is 0.393 e. The van der Waals surface area contributed by atoms with E-state index in [4.69, 9.17) is 6.85 Å². The van der Waals surface area contributed by atoms with Crippen molar-refractivity contribution < 1.29 is 20.0 Å². The molecule has 0 atom stereocenters. The highest BCUT2D eigenvalue weighted by Gasteiger charge is 2.27. The molecule has 122 valence electrons. The standard InChI is InChI=1S/C20H16F3N/c1-14-7-9-17(11-18(14)16-5-3-2-4-6-16)19-10-8-15(13-24-19)12-20(21,22)23/h2-11,13H,12H2,1H3/i1D3,12D2. The van der Waals surface area contributed by atoms with Crippen molar-refractivity contribution in [3.63, 3.8) is 0 Å². The summed E-state index contributed by atoms with van der Waals surface area (Å²) in [4.78, 5) is 3.97. The lowest BCUT2D eigenvalue weighted by Gasteiger charge is -2.10. The Balaban J connectivity index is 2.07. The molecule has 0 fully saturated rings. The minimum absolute atomic E-state index is 0.150. The van der Waals surface area contributed by atoms with Gasteiger partial charge in [0.2, 0.25) is 0 Å². The molecule has 24 heavy (non-hydrogen) atoms. The van der Waals surface area contributed by atoms with Crippen LogP contribution in [0.15, 0.2) is 66.9 Å². The van der Waals surface area contributed by atoms with Gasteiger partial charge >= 0.3 is 6.18 Å². The first-order chi connectivity index (χ1) is 13.4. The first-order valence-corrected chi connectivity index (χ1v) is 7.15. The molecule has 3 aromatic rings. The van der Waals surface area contributed by atoms with Gasteiger partial charge < -0.3 is 0 Å². The SMILES string of the molecule is [2H]C([2H])([2H])c1ccc(-c2ccc(C([2H])([2H])C(F)(F)F)cn2)cc1-c1ccccc1. The van der Waals surface area contributed by atoms with Gasteiger partial charge in [-0.1, -0.05) is 48.5 Å². The fourth-order valence-electron chi connectivity index (χ4n) is 2.36. The molecule has 0 radical (unpaired) electrons. The summed E-state index contributed by atoms with van der Waals surface area (Å²) in [5, 5.41) is 0. The Kier molecular flexibility index (Phi) is 2.97. The zero-order valence-electron chi connectivity index (χ0n) is 17.4. The normalized spacial score (nSPS) is 15.7. The predicted octanol–water partition coefficient (Wildman–Crippen LogP) is 5.83. The van der Waals surface area contributed by atoms with Gasteiger partial charge in [-0.3, -0.25) is 4.98 Å². The molecule has 1 nitrogen and oxygen atoms in total. The van der Waals surface area contributed by atoms with Gasteiger partial charge in [0.25, 0.3) is 0 Å². The van der Waals surface area contributed by atoms with Crippen LogP contribution >= 0.6 is 0 Å². The summed E-state index contributed by atoms with van der Waals surface area (Å²) in [5.74, 6) is 0. The first-order valence-electron chi connectivity index (χ1n) is 9.65. The molecule has 1 heterocycles. The summed E-state index contributed by atoms with van der Waals surface area (Å²) in [6.07, 6.45) is -7.72. The average Bonchev–Trinajstić information content (AvgIpc) is 2.67. The Morgan fingerprint density at radius 1 is 1.00 bits per heavy atom. The van der Waals surface area contributed by atoms with E-state index in [1.807, 2.05) is 0 Å². The van der Waals surface area contributed by atoms with Crippen LogP contribution in [0.1, 0.15) is 18.0 Å². The number of halogens is 3. The molecule has 0 aliphatic heterocycles. The molecular weight excluding hydrogens is 311 g/mol. The van der Waals surface area contributed by atoms with E-state index in [0.717, 1.165) is 12.3 Å². The van der Waals surface area contributed by atoms with E-state index in [1.54, 1.807) is 36.4 Å². The van der Waals surface area contributed by atoms with Crippen molar-refractivity contribution in [2.75, 3.05) is 0 Å². The van der Waals surface area contributed by atoms with E-state index in [1.165, 1.54) is 18.2 Å². The second kappa shape index (κ2) is 6.48. The summed E-state index contributed by atoms with van der Waals surface area (Å²) < 4.78 is 76.5. The summed E-state index contributed by atoms with van der Waals surface area (Å²) in [7, 11) is 0. The quantitative estimate of drug-likeness (QED) is 0.588. The minimum atomic E-state index is -5.06. The van der Waals surface area contributed by atoms with Gasteiger partial charge in [-0.25, -0.2) is 0 Å². The van der Waals surface area contributed by atoms with E-state index < -0.39 is 25.0 Å². The summed E-state index contributed by atoms with van der Waals surface area (Å²) >= 11 is 0. The molecule has 0 unspecified atom stereocenters. The summed E-state index contributed by atoms with van der Waals surface area (Å²) in [6, 6.07) is 15.8. The lowest BCUT2D eigenvalue weighted by molar-refractivity contribution is -0.127. The molecule has 4 heteroatoms. The van der Waals surface area contributed by atoms with Crippen molar-refractivity contribution in [1.29, 1.82) is 0 Å². The van der Waals surface area contributed by atoms with Gasteiger partial charge in [0.05, 0.1) is 12.1 Å². The third kappa shape index (κ3) is 3.82. The van der Waals surface area contributed by atoms with Crippen LogP contribution in [-0.4, -0.2) is 11.2 Å². The fourth-order valence-corrected chi connectivity index (χ4v) is 2.36. The molecule has 0 saturated heterocycles. The number of benzene rings is 2. The third-order valence-electron chi connectivity index (χ3n) is 3.45. The van der Waals surface area contributed by atoms with Gasteiger partial charge in [0.1, 0.15) is 0 Å². The topological polar surface area (TPSA) is 12.9 Å². The number of rotatable bonds is 3. The molecule has 3 rings (SSSR count). The highest BCUT2D eigenvalue weighted by atomic mass is 19.4. The number of aromatic nitrogens is 1. The van der Waals surface area contributed by atoms with Crippen molar-refractivity contribution in [1.82, 2.24) is 4.98 Å². The van der Waals surface area contributed by atoms with Gasteiger partial charge in [-0.2, -0.15) is 13.2 Å². The number of aryl methyl sites for hydroxylation is 1. The Morgan fingerprint density at radius 3 is 2.42 bits per heavy atom. The summed E-state index contributed by atoms with van der Waals surface area (Å²) in [5.41, 5.74) is 1.52. The summed E-state index contributed by atoms with van der Waals surface area (Å²) in [6.45, 7) is -2.34. The molecule has 0 bridgehead atoms. The fraction of sp³-hybridized carbons (Fsp3) is 0.150. The van der Waals surface area contributed by atoms with Gasteiger partial charge in [-0.05, 0) is 41.2 Å². The van der Waals surface area contributed by atoms with Crippen molar-refractivity contribution >= 4 is 0 Å². The van der Waals surface area contributed by atoms with E-state index >= 15 is 0 Å². The second-order valence-corrected chi connectivity index (χ2v) is 5.18. The van der Waals surface area contributed by atoms with E-state index in [9.17, 15) is 13.2 Å². The van der Waals surface area contributed by atoms with Crippen LogP contribution in [0.2, 0.25) is 0 Å². The van der Waals surface area contributed by atoms with Crippen LogP contribution in [0, 0.1) is 6.85 Å². The number of pyridine rings is 1. The van der Waals surface area contributed by atoms with Gasteiger partial charge in [0, 0.05) is 18.6 Å². The Morgan fingerprint density at radius 2 is 1.79 bits per heavy atom. The van der Waals surface area contributed by atoms with Gasteiger partial charge in [-0.15, -0.1) is 0 Å². The van der Waals surface area contributed by atoms with Crippen LogP contribution < -0.4 is 0 Å². The van der Waals surface area contributed by atoms with Crippen LogP contribution in [0.3, 0.4) is 0 Å². The van der Waals surface area contributed by atoms with E-state index in [2.05, 4.69) is 4.98 Å². The Hall–Kier alpha value is -2.62. The van der Waals surface area contributed by atoms with Gasteiger partial charge in [0.15, 0.2) is 0 Å². The van der Waals surface area contributed by atoms with Crippen molar-refractivity contribution in [2.45, 2.75) is 19.4 Å². The van der Waals surface area contributed by atoms with Crippen molar-refractivity contribution in [3.05, 3.63) is 78.0 Å². The predicted molar refractivity (Wildman–Crippen MR) is 89.6 cm³/mol. The molecule has 0 aliphatic rings. The lowest BCUT2D eigenvalue weighted by Crippen LogP contribution is -2.11. The van der Waals surface area contributed by atoms with Crippen molar-refractivity contribution in [3.8, 4) is 22.4 Å². The maximum Gasteiger partial charge on any atom is 0.393 e. The maximum absolute atomic E-state index is 12.9. The Bertz CT molecular complexity index is 997. The van der Waals surface area contributed by atoms with Crippen LogP contribution in [0.4, 0.5) is 13.2 Å². The highest BCUT2D eigenvalue weighted by molar-refractivity contribution is 5.74. The molecular formula is C20H16F3N. The smallest absolute Gasteiger partial charge is 0.256 e. The third-order valence-corrected chi connectivity index (χ3v) is 3.45. The second-order valence-electron chi connectivity index (χ2n) is 5.18. The molecule has 0 aliphatic carbocycles.